The lowest BCUT2D eigenvalue weighted by Crippen LogP contribution is -2.39. The van der Waals surface area contributed by atoms with Gasteiger partial charge < -0.3 is 5.32 Å². The van der Waals surface area contributed by atoms with E-state index in [1.807, 2.05) is 23.3 Å². The summed E-state index contributed by atoms with van der Waals surface area (Å²) in [5, 5.41) is 7.81. The van der Waals surface area contributed by atoms with E-state index in [1.165, 1.54) is 5.01 Å². The lowest BCUT2D eigenvalue weighted by molar-refractivity contribution is 0.466. The van der Waals surface area contributed by atoms with Crippen molar-refractivity contribution in [1.29, 1.82) is 0 Å². The Balaban J connectivity index is 1.90. The third kappa shape index (κ3) is 3.22. The molecule has 2 unspecified atom stereocenters. The number of nitrogens with zero attached hydrogens (tertiary/aromatic N) is 2. The van der Waals surface area contributed by atoms with Crippen LogP contribution < -0.4 is 5.32 Å². The number of hydrogen-bond donors (Lipinski definition) is 1. The number of rotatable bonds is 4. The van der Waals surface area contributed by atoms with E-state index in [9.17, 15) is 0 Å². The highest BCUT2D eigenvalue weighted by molar-refractivity contribution is 8.14. The quantitative estimate of drug-likeness (QED) is 0.912. The van der Waals surface area contributed by atoms with E-state index in [2.05, 4.69) is 36.1 Å². The van der Waals surface area contributed by atoms with Crippen LogP contribution in [0.5, 0.6) is 0 Å². The first-order valence-corrected chi connectivity index (χ1v) is 7.84. The van der Waals surface area contributed by atoms with E-state index in [0.29, 0.717) is 5.92 Å². The summed E-state index contributed by atoms with van der Waals surface area (Å²) in [6, 6.07) is 0. The third-order valence-electron chi connectivity index (χ3n) is 3.10. The van der Waals surface area contributed by atoms with Crippen molar-refractivity contribution in [2.24, 2.45) is 4.99 Å². The van der Waals surface area contributed by atoms with Crippen LogP contribution in [0.3, 0.4) is 0 Å². The van der Waals surface area contributed by atoms with Gasteiger partial charge in [-0.15, -0.1) is 11.3 Å². The molecule has 94 valence electrons. The first-order chi connectivity index (χ1) is 8.13. The predicted octanol–water partition coefficient (Wildman–Crippen LogP) is 3.11. The molecule has 1 fully saturated rings. The van der Waals surface area contributed by atoms with Gasteiger partial charge in [0.25, 0.3) is 0 Å². The summed E-state index contributed by atoms with van der Waals surface area (Å²) in [7, 11) is 0. The molecule has 2 rings (SSSR count). The van der Waals surface area contributed by atoms with Crippen molar-refractivity contribution in [3.8, 4) is 0 Å². The molecule has 1 N–H and O–H groups in total. The van der Waals surface area contributed by atoms with Gasteiger partial charge in [0, 0.05) is 28.8 Å². The lowest BCUT2D eigenvalue weighted by atomic mass is 10.0. The SMILES string of the molecule is CCC1(C)CSC(=NCC(C)c2nccs2)N1. The number of aliphatic imine (C=N–C) groups is 1. The Morgan fingerprint density at radius 2 is 2.47 bits per heavy atom. The molecule has 0 amide bonds. The standard InChI is InChI=1S/C12H19N3S2/c1-4-12(3)8-17-11(15-12)14-7-9(2)10-13-5-6-16-10/h5-6,9H,4,7-8H2,1-3H3,(H,14,15). The second-order valence-corrected chi connectivity index (χ2v) is 6.64. The van der Waals surface area contributed by atoms with Crippen LogP contribution in [-0.4, -0.2) is 28.0 Å². The van der Waals surface area contributed by atoms with Gasteiger partial charge in [0.1, 0.15) is 0 Å². The summed E-state index contributed by atoms with van der Waals surface area (Å²) < 4.78 is 0. The van der Waals surface area contributed by atoms with Gasteiger partial charge in [-0.05, 0) is 13.3 Å². The Hall–Kier alpha value is -0.550. The molecule has 1 aliphatic rings. The maximum absolute atomic E-state index is 4.66. The largest absolute Gasteiger partial charge is 0.359 e. The molecule has 0 radical (unpaired) electrons. The Kier molecular flexibility index (Phi) is 4.09. The Labute approximate surface area is 111 Å². The van der Waals surface area contributed by atoms with Crippen LogP contribution in [0.2, 0.25) is 0 Å². The molecule has 1 saturated heterocycles. The van der Waals surface area contributed by atoms with Crippen LogP contribution in [0.15, 0.2) is 16.6 Å². The smallest absolute Gasteiger partial charge is 0.157 e. The molecule has 0 aromatic carbocycles. The van der Waals surface area contributed by atoms with Gasteiger partial charge in [-0.3, -0.25) is 4.99 Å². The van der Waals surface area contributed by atoms with Gasteiger partial charge in [-0.25, -0.2) is 4.98 Å². The van der Waals surface area contributed by atoms with Crippen molar-refractivity contribution >= 4 is 28.3 Å². The van der Waals surface area contributed by atoms with E-state index in [-0.39, 0.29) is 5.54 Å². The zero-order chi connectivity index (χ0) is 12.3. The van der Waals surface area contributed by atoms with Crippen LogP contribution in [0.4, 0.5) is 0 Å². The molecule has 2 heterocycles. The average Bonchev–Trinajstić information content (AvgIpc) is 2.96. The third-order valence-corrected chi connectivity index (χ3v) is 5.39. The summed E-state index contributed by atoms with van der Waals surface area (Å²) in [4.78, 5) is 8.99. The number of thioether (sulfide) groups is 1. The van der Waals surface area contributed by atoms with E-state index in [0.717, 1.165) is 23.9 Å². The summed E-state index contributed by atoms with van der Waals surface area (Å²) in [5.74, 6) is 1.53. The highest BCUT2D eigenvalue weighted by atomic mass is 32.2. The number of aromatic nitrogens is 1. The fourth-order valence-electron chi connectivity index (χ4n) is 1.61. The van der Waals surface area contributed by atoms with Crippen molar-refractivity contribution < 1.29 is 0 Å². The molecule has 0 saturated carbocycles. The van der Waals surface area contributed by atoms with E-state index in [4.69, 9.17) is 0 Å². The molecule has 0 aliphatic carbocycles. The molecule has 0 bridgehead atoms. The van der Waals surface area contributed by atoms with E-state index >= 15 is 0 Å². The molecule has 1 aliphatic heterocycles. The minimum absolute atomic E-state index is 0.230. The second-order valence-electron chi connectivity index (χ2n) is 4.75. The highest BCUT2D eigenvalue weighted by Crippen LogP contribution is 2.26. The molecule has 5 heteroatoms. The van der Waals surface area contributed by atoms with Gasteiger partial charge in [-0.1, -0.05) is 25.6 Å². The fraction of sp³-hybridized carbons (Fsp3) is 0.667. The predicted molar refractivity (Wildman–Crippen MR) is 77.1 cm³/mol. The Morgan fingerprint density at radius 1 is 1.65 bits per heavy atom. The minimum Gasteiger partial charge on any atom is -0.359 e. The van der Waals surface area contributed by atoms with Crippen LogP contribution in [-0.2, 0) is 0 Å². The second kappa shape index (κ2) is 5.40. The first kappa shape index (κ1) is 12.9. The van der Waals surface area contributed by atoms with Crippen LogP contribution in [0.25, 0.3) is 0 Å². The maximum atomic E-state index is 4.66. The summed E-state index contributed by atoms with van der Waals surface area (Å²) in [5.41, 5.74) is 0.230. The first-order valence-electron chi connectivity index (χ1n) is 5.98. The average molecular weight is 269 g/mol. The van der Waals surface area contributed by atoms with E-state index in [1.54, 1.807) is 11.3 Å². The number of thiazole rings is 1. The fourth-order valence-corrected chi connectivity index (χ4v) is 3.52. The number of hydrogen-bond acceptors (Lipinski definition) is 4. The molecule has 0 spiro atoms. The zero-order valence-electron chi connectivity index (χ0n) is 10.6. The molecular formula is C12H19N3S2. The van der Waals surface area contributed by atoms with Gasteiger partial charge >= 0.3 is 0 Å². The highest BCUT2D eigenvalue weighted by Gasteiger charge is 2.30. The molecule has 1 aromatic heterocycles. The molecule has 2 atom stereocenters. The zero-order valence-corrected chi connectivity index (χ0v) is 12.2. The minimum atomic E-state index is 0.230. The molecule has 3 nitrogen and oxygen atoms in total. The van der Waals surface area contributed by atoms with Crippen LogP contribution in [0, 0.1) is 0 Å². The molecular weight excluding hydrogens is 250 g/mol. The van der Waals surface area contributed by atoms with Crippen molar-refractivity contribution in [3.05, 3.63) is 16.6 Å². The normalized spacial score (nSPS) is 28.3. The molecule has 1 aromatic rings. The summed E-state index contributed by atoms with van der Waals surface area (Å²) in [6.07, 6.45) is 3.00. The Morgan fingerprint density at radius 3 is 3.06 bits per heavy atom. The number of nitrogens with one attached hydrogen (secondary N) is 1. The lowest BCUT2D eigenvalue weighted by Gasteiger charge is -2.20. The van der Waals surface area contributed by atoms with Gasteiger partial charge in [-0.2, -0.15) is 0 Å². The van der Waals surface area contributed by atoms with Crippen molar-refractivity contribution in [1.82, 2.24) is 10.3 Å². The monoisotopic (exact) mass is 269 g/mol. The van der Waals surface area contributed by atoms with Gasteiger partial charge in [0.15, 0.2) is 5.17 Å². The van der Waals surface area contributed by atoms with E-state index < -0.39 is 0 Å². The van der Waals surface area contributed by atoms with Crippen LogP contribution >= 0.6 is 23.1 Å². The van der Waals surface area contributed by atoms with Gasteiger partial charge in [0.05, 0.1) is 11.6 Å². The van der Waals surface area contributed by atoms with Crippen molar-refractivity contribution in [2.45, 2.75) is 38.6 Å². The van der Waals surface area contributed by atoms with Crippen molar-refractivity contribution in [2.75, 3.05) is 12.3 Å². The van der Waals surface area contributed by atoms with Crippen molar-refractivity contribution in [3.63, 3.8) is 0 Å². The topological polar surface area (TPSA) is 37.3 Å². The maximum Gasteiger partial charge on any atom is 0.157 e. The van der Waals surface area contributed by atoms with Gasteiger partial charge in [0.2, 0.25) is 0 Å². The summed E-state index contributed by atoms with van der Waals surface area (Å²) in [6.45, 7) is 7.48. The summed E-state index contributed by atoms with van der Waals surface area (Å²) >= 11 is 3.55. The van der Waals surface area contributed by atoms with Crippen LogP contribution in [0.1, 0.15) is 38.1 Å². The number of amidine groups is 1. The Bertz CT molecular complexity index is 388. The molecule has 17 heavy (non-hydrogen) atoms.